The van der Waals surface area contributed by atoms with E-state index in [9.17, 15) is 0 Å². The molecule has 21 heavy (non-hydrogen) atoms. The van der Waals surface area contributed by atoms with Gasteiger partial charge in [0.2, 0.25) is 0 Å². The SMILES string of the molecule is Clc1cc(CNc2cccc3n[se]nc23)cc2c1OCO2. The van der Waals surface area contributed by atoms with Crippen molar-refractivity contribution >= 4 is 43.3 Å². The Balaban J connectivity index is 1.60. The molecule has 0 unspecified atom stereocenters. The molecule has 1 N–H and O–H groups in total. The van der Waals surface area contributed by atoms with Gasteiger partial charge in [0.1, 0.15) is 0 Å². The normalized spacial score (nSPS) is 12.8. The van der Waals surface area contributed by atoms with Crippen molar-refractivity contribution in [2.24, 2.45) is 0 Å². The molecule has 1 aromatic heterocycles. The minimum absolute atomic E-state index is 0.0256. The molecular formula is C14H10ClN3O2Se. The zero-order valence-electron chi connectivity index (χ0n) is 10.8. The molecule has 2 aromatic carbocycles. The summed E-state index contributed by atoms with van der Waals surface area (Å²) in [6.45, 7) is 0.857. The van der Waals surface area contributed by atoms with Crippen LogP contribution in [0.1, 0.15) is 5.56 Å². The van der Waals surface area contributed by atoms with E-state index in [0.29, 0.717) is 23.1 Å². The molecule has 7 heteroatoms. The fourth-order valence-electron chi connectivity index (χ4n) is 2.27. The molecule has 106 valence electrons. The van der Waals surface area contributed by atoms with Crippen molar-refractivity contribution in [3.63, 3.8) is 0 Å². The number of aromatic nitrogens is 2. The first-order valence-electron chi connectivity index (χ1n) is 6.34. The summed E-state index contributed by atoms with van der Waals surface area (Å²) >= 11 is 6.16. The Labute approximate surface area is 132 Å². The van der Waals surface area contributed by atoms with Crippen molar-refractivity contribution in [2.45, 2.75) is 6.54 Å². The quantitative estimate of drug-likeness (QED) is 0.722. The van der Waals surface area contributed by atoms with Crippen molar-refractivity contribution in [2.75, 3.05) is 12.1 Å². The van der Waals surface area contributed by atoms with Crippen LogP contribution in [0.4, 0.5) is 5.69 Å². The molecule has 3 aromatic rings. The fourth-order valence-corrected chi connectivity index (χ4v) is 3.71. The number of anilines is 1. The van der Waals surface area contributed by atoms with Crippen LogP contribution in [0.3, 0.4) is 0 Å². The Morgan fingerprint density at radius 1 is 1.24 bits per heavy atom. The van der Waals surface area contributed by atoms with Gasteiger partial charge in [-0.05, 0) is 0 Å². The summed E-state index contributed by atoms with van der Waals surface area (Å²) in [6.07, 6.45) is 0. The summed E-state index contributed by atoms with van der Waals surface area (Å²) in [4.78, 5) is 0. The molecule has 0 fully saturated rings. The van der Waals surface area contributed by atoms with Crippen LogP contribution in [0.25, 0.3) is 11.0 Å². The summed E-state index contributed by atoms with van der Waals surface area (Å²) < 4.78 is 19.5. The van der Waals surface area contributed by atoms with Gasteiger partial charge in [0.15, 0.2) is 0 Å². The number of fused-ring (bicyclic) bond motifs is 2. The maximum absolute atomic E-state index is 6.19. The van der Waals surface area contributed by atoms with Crippen LogP contribution < -0.4 is 14.8 Å². The van der Waals surface area contributed by atoms with E-state index in [2.05, 4.69) is 13.3 Å². The number of nitrogens with one attached hydrogen (secondary N) is 1. The molecule has 0 saturated carbocycles. The molecule has 1 aliphatic heterocycles. The molecular weight excluding hydrogens is 357 g/mol. The van der Waals surface area contributed by atoms with Crippen LogP contribution >= 0.6 is 11.6 Å². The number of halogens is 1. The summed E-state index contributed by atoms with van der Waals surface area (Å²) in [5.41, 5.74) is 3.93. The van der Waals surface area contributed by atoms with E-state index in [1.54, 1.807) is 0 Å². The second kappa shape index (κ2) is 5.22. The topological polar surface area (TPSA) is 56.3 Å². The monoisotopic (exact) mass is 367 g/mol. The molecule has 2 heterocycles. The van der Waals surface area contributed by atoms with Gasteiger partial charge in [-0.25, -0.2) is 0 Å². The van der Waals surface area contributed by atoms with Gasteiger partial charge in [-0.3, -0.25) is 0 Å². The van der Waals surface area contributed by atoms with Crippen molar-refractivity contribution in [3.05, 3.63) is 40.9 Å². The molecule has 0 amide bonds. The van der Waals surface area contributed by atoms with Gasteiger partial charge >= 0.3 is 132 Å². The number of hydrogen-bond acceptors (Lipinski definition) is 5. The van der Waals surface area contributed by atoms with E-state index in [1.807, 2.05) is 30.3 Å². The number of ether oxygens (including phenoxy) is 2. The van der Waals surface area contributed by atoms with Gasteiger partial charge in [0.25, 0.3) is 0 Å². The molecule has 0 aliphatic carbocycles. The molecule has 0 bridgehead atoms. The van der Waals surface area contributed by atoms with E-state index in [0.717, 1.165) is 22.3 Å². The molecule has 4 rings (SSSR count). The van der Waals surface area contributed by atoms with Gasteiger partial charge < -0.3 is 0 Å². The van der Waals surface area contributed by atoms with E-state index >= 15 is 0 Å². The zero-order valence-corrected chi connectivity index (χ0v) is 13.3. The van der Waals surface area contributed by atoms with E-state index in [4.69, 9.17) is 21.1 Å². The Bertz CT molecular complexity index is 821. The Hall–Kier alpha value is -1.75. The molecule has 0 saturated heterocycles. The van der Waals surface area contributed by atoms with Crippen molar-refractivity contribution in [1.29, 1.82) is 0 Å². The standard InChI is InChI=1S/C14H10ClN3O2Se/c15-9-4-8(5-12-14(9)20-7-19-12)6-16-10-2-1-3-11-13(10)18-21-17-11/h1-5,16H,6-7H2. The summed E-state index contributed by atoms with van der Waals surface area (Å²) in [7, 11) is 0. The van der Waals surface area contributed by atoms with Crippen LogP contribution in [0.15, 0.2) is 30.3 Å². The third kappa shape index (κ3) is 2.35. The summed E-state index contributed by atoms with van der Waals surface area (Å²) in [5, 5.41) is 3.95. The number of nitrogens with zero attached hydrogens (tertiary/aromatic N) is 2. The van der Waals surface area contributed by atoms with Crippen LogP contribution in [0, 0.1) is 0 Å². The average molecular weight is 367 g/mol. The number of benzene rings is 2. The van der Waals surface area contributed by atoms with Gasteiger partial charge in [0, 0.05) is 0 Å². The van der Waals surface area contributed by atoms with E-state index in [-0.39, 0.29) is 21.8 Å². The summed E-state index contributed by atoms with van der Waals surface area (Å²) in [5.74, 6) is 1.32. The predicted molar refractivity (Wildman–Crippen MR) is 81.4 cm³/mol. The predicted octanol–water partition coefficient (Wildman–Crippen LogP) is 2.68. The molecule has 0 atom stereocenters. The Morgan fingerprint density at radius 3 is 3.14 bits per heavy atom. The minimum atomic E-state index is -0.0256. The van der Waals surface area contributed by atoms with Gasteiger partial charge in [-0.15, -0.1) is 0 Å². The first-order chi connectivity index (χ1) is 10.3. The second-order valence-electron chi connectivity index (χ2n) is 4.60. The third-order valence-electron chi connectivity index (χ3n) is 3.26. The Kier molecular flexibility index (Phi) is 3.22. The van der Waals surface area contributed by atoms with Crippen molar-refractivity contribution in [1.82, 2.24) is 7.96 Å². The first kappa shape index (κ1) is 13.0. The van der Waals surface area contributed by atoms with Crippen molar-refractivity contribution in [3.8, 4) is 11.5 Å². The second-order valence-corrected chi connectivity index (χ2v) is 6.12. The van der Waals surface area contributed by atoms with Crippen LogP contribution in [0.2, 0.25) is 5.02 Å². The third-order valence-corrected chi connectivity index (χ3v) is 4.68. The van der Waals surface area contributed by atoms with Crippen LogP contribution in [-0.2, 0) is 6.54 Å². The molecule has 1 aliphatic rings. The summed E-state index contributed by atoms with van der Waals surface area (Å²) in [6, 6.07) is 9.80. The molecule has 5 nitrogen and oxygen atoms in total. The van der Waals surface area contributed by atoms with E-state index in [1.165, 1.54) is 0 Å². The number of rotatable bonds is 3. The Morgan fingerprint density at radius 2 is 2.19 bits per heavy atom. The molecule has 0 spiro atoms. The molecule has 0 radical (unpaired) electrons. The van der Waals surface area contributed by atoms with Crippen LogP contribution in [-0.4, -0.2) is 29.7 Å². The number of hydrogen-bond donors (Lipinski definition) is 1. The van der Waals surface area contributed by atoms with Crippen LogP contribution in [0.5, 0.6) is 11.5 Å². The zero-order chi connectivity index (χ0) is 14.2. The van der Waals surface area contributed by atoms with Crippen molar-refractivity contribution < 1.29 is 9.47 Å². The van der Waals surface area contributed by atoms with E-state index < -0.39 is 0 Å². The first-order valence-corrected chi connectivity index (χ1v) is 8.25. The maximum atomic E-state index is 6.19. The van der Waals surface area contributed by atoms with Gasteiger partial charge in [-0.2, -0.15) is 0 Å². The van der Waals surface area contributed by atoms with Gasteiger partial charge in [0.05, 0.1) is 0 Å². The average Bonchev–Trinajstić information content (AvgIpc) is 3.13. The van der Waals surface area contributed by atoms with Gasteiger partial charge in [-0.1, -0.05) is 0 Å². The fraction of sp³-hybridized carbons (Fsp3) is 0.143.